The first-order valence-electron chi connectivity index (χ1n) is 36.6. The normalized spacial score (nSPS) is 11.7. The average Bonchev–Trinajstić information content (AvgIpc) is 3.42. The number of aliphatic carboxylic acids is 1. The first-order chi connectivity index (χ1) is 37.8. The Hall–Kier alpha value is -0.570. The van der Waals surface area contributed by atoms with Gasteiger partial charge in [0.1, 0.15) is 0 Å². The van der Waals surface area contributed by atoms with E-state index in [9.17, 15) is 4.79 Å². The van der Waals surface area contributed by atoms with Crippen molar-refractivity contribution in [1.82, 2.24) is 0 Å². The lowest BCUT2D eigenvalue weighted by atomic mass is 10.0. The van der Waals surface area contributed by atoms with Gasteiger partial charge in [0.25, 0.3) is 0 Å². The summed E-state index contributed by atoms with van der Waals surface area (Å²) in [6.45, 7) is 0.373. The van der Waals surface area contributed by atoms with E-state index in [1.807, 2.05) is 0 Å². The third kappa shape index (κ3) is 73.4. The van der Waals surface area contributed by atoms with Crippen LogP contribution in [0.4, 0.5) is 0 Å². The minimum absolute atomic E-state index is 0.346. The van der Waals surface area contributed by atoms with Gasteiger partial charge in [-0.3, -0.25) is 4.79 Å². The number of carbonyl (C=O) groups is 1. The second-order valence-electron chi connectivity index (χ2n) is 25.6. The molecule has 0 atom stereocenters. The second kappa shape index (κ2) is 72.4. The van der Waals surface area contributed by atoms with Crippen LogP contribution in [0.25, 0.3) is 0 Å². The minimum Gasteiger partial charge on any atom is -0.481 e. The zero-order valence-electron chi connectivity index (χ0n) is 52.7. The van der Waals surface area contributed by atoms with Gasteiger partial charge >= 0.3 is 5.97 Å². The zero-order chi connectivity index (χ0) is 54.5. The molecular formula is C73H146O3. The number of rotatable bonds is 72. The van der Waals surface area contributed by atoms with Crippen molar-refractivity contribution in [2.24, 2.45) is 0 Å². The molecule has 0 heterocycles. The van der Waals surface area contributed by atoms with E-state index in [0.29, 0.717) is 13.0 Å². The van der Waals surface area contributed by atoms with E-state index >= 15 is 0 Å². The molecule has 2 N–H and O–H groups in total. The third-order valence-electron chi connectivity index (χ3n) is 17.8. The standard InChI is InChI=1S/C73H146O3/c74-72-70-68-66-64-62-60-58-56-54-52-50-48-46-44-42-40-38-36-34-32-30-28-26-24-22-20-18-16-14-12-10-8-6-4-2-1-3-5-7-9-11-13-15-17-19-21-23-25-27-29-31-33-35-37-39-41-43-45-47-49-51-53-55-57-59-61-63-65-67-69-71-73(75)76/h74H,1-72H2,(H,75,76). The molecule has 0 aliphatic heterocycles. The predicted octanol–water partition coefficient (Wildman–Crippen LogP) is 26.8. The zero-order valence-corrected chi connectivity index (χ0v) is 52.7. The number of carboxylic acid groups (broad SMARTS) is 1. The maximum absolute atomic E-state index is 10.5. The van der Waals surface area contributed by atoms with Crippen molar-refractivity contribution in [2.75, 3.05) is 6.61 Å². The fourth-order valence-corrected chi connectivity index (χ4v) is 12.4. The fraction of sp³-hybridized carbons (Fsp3) is 0.986. The Morgan fingerprint density at radius 1 is 0.145 bits per heavy atom. The summed E-state index contributed by atoms with van der Waals surface area (Å²) >= 11 is 0. The molecule has 456 valence electrons. The van der Waals surface area contributed by atoms with Crippen molar-refractivity contribution >= 4 is 5.97 Å². The number of unbranched alkanes of at least 4 members (excludes halogenated alkanes) is 69. The number of hydrogen-bond donors (Lipinski definition) is 2. The first kappa shape index (κ1) is 75.4. The SMILES string of the molecule is O=C(O)CCCCCCCCCCCCCCCCCCCCCCCCCCCCCCCCCCCCCCCCCCCCCCCCCCCCCCCCCCCCCCCCCCCCCCCCO. The fourth-order valence-electron chi connectivity index (χ4n) is 12.4. The molecule has 0 radical (unpaired) electrons. The number of hydrogen-bond acceptors (Lipinski definition) is 2. The van der Waals surface area contributed by atoms with Crippen molar-refractivity contribution in [3.05, 3.63) is 0 Å². The van der Waals surface area contributed by atoms with Crippen molar-refractivity contribution in [3.63, 3.8) is 0 Å². The molecule has 3 heteroatoms. The quantitative estimate of drug-likeness (QED) is 0.0597. The summed E-state index contributed by atoms with van der Waals surface area (Å²) in [7, 11) is 0. The van der Waals surface area contributed by atoms with Crippen LogP contribution in [0.1, 0.15) is 456 Å². The lowest BCUT2D eigenvalue weighted by molar-refractivity contribution is -0.137. The van der Waals surface area contributed by atoms with Gasteiger partial charge in [0.2, 0.25) is 0 Å². The summed E-state index contributed by atoms with van der Waals surface area (Å²) in [5.41, 5.74) is 0. The van der Waals surface area contributed by atoms with Gasteiger partial charge in [-0.25, -0.2) is 0 Å². The van der Waals surface area contributed by atoms with Gasteiger partial charge in [0.15, 0.2) is 0 Å². The molecule has 0 saturated heterocycles. The highest BCUT2D eigenvalue weighted by molar-refractivity contribution is 5.66. The first-order valence-corrected chi connectivity index (χ1v) is 36.6. The van der Waals surface area contributed by atoms with Gasteiger partial charge in [-0.2, -0.15) is 0 Å². The van der Waals surface area contributed by atoms with Gasteiger partial charge in [0, 0.05) is 13.0 Å². The molecule has 76 heavy (non-hydrogen) atoms. The number of aliphatic hydroxyl groups excluding tert-OH is 1. The molecule has 0 amide bonds. The highest BCUT2D eigenvalue weighted by Crippen LogP contribution is 2.21. The maximum atomic E-state index is 10.5. The Labute approximate surface area is 481 Å². The molecule has 0 rings (SSSR count). The van der Waals surface area contributed by atoms with Gasteiger partial charge in [-0.1, -0.05) is 437 Å². The summed E-state index contributed by atoms with van der Waals surface area (Å²) in [4.78, 5) is 10.5. The summed E-state index contributed by atoms with van der Waals surface area (Å²) in [6, 6.07) is 0. The predicted molar refractivity (Wildman–Crippen MR) is 343 cm³/mol. The summed E-state index contributed by atoms with van der Waals surface area (Å²) in [5, 5.41) is 17.5. The molecule has 0 bridgehead atoms. The van der Waals surface area contributed by atoms with Crippen LogP contribution in [-0.4, -0.2) is 22.8 Å². The molecular weight excluding hydrogens is 925 g/mol. The van der Waals surface area contributed by atoms with Crippen molar-refractivity contribution in [1.29, 1.82) is 0 Å². The van der Waals surface area contributed by atoms with Crippen LogP contribution in [0.5, 0.6) is 0 Å². The van der Waals surface area contributed by atoms with Crippen LogP contribution < -0.4 is 0 Å². The van der Waals surface area contributed by atoms with Crippen LogP contribution in [0.2, 0.25) is 0 Å². The van der Waals surface area contributed by atoms with Gasteiger partial charge in [-0.15, -0.1) is 0 Å². The lowest BCUT2D eigenvalue weighted by Gasteiger charge is -2.05. The molecule has 0 unspecified atom stereocenters. The van der Waals surface area contributed by atoms with E-state index in [0.717, 1.165) is 19.3 Å². The van der Waals surface area contributed by atoms with Gasteiger partial charge in [0.05, 0.1) is 0 Å². The van der Waals surface area contributed by atoms with Crippen molar-refractivity contribution in [3.8, 4) is 0 Å². The highest BCUT2D eigenvalue weighted by atomic mass is 16.4. The van der Waals surface area contributed by atoms with Crippen LogP contribution in [0, 0.1) is 0 Å². The van der Waals surface area contributed by atoms with E-state index < -0.39 is 5.97 Å². The Kier molecular flexibility index (Phi) is 71.9. The van der Waals surface area contributed by atoms with E-state index in [4.69, 9.17) is 10.2 Å². The van der Waals surface area contributed by atoms with E-state index in [2.05, 4.69) is 0 Å². The molecule has 0 aromatic rings. The molecule has 0 spiro atoms. The van der Waals surface area contributed by atoms with Gasteiger partial charge in [-0.05, 0) is 12.8 Å². The topological polar surface area (TPSA) is 57.5 Å². The smallest absolute Gasteiger partial charge is 0.303 e. The summed E-state index contributed by atoms with van der Waals surface area (Å²) < 4.78 is 0. The van der Waals surface area contributed by atoms with Crippen LogP contribution >= 0.6 is 0 Å². The van der Waals surface area contributed by atoms with Gasteiger partial charge < -0.3 is 10.2 Å². The summed E-state index contributed by atoms with van der Waals surface area (Å²) in [6.07, 6.45) is 101. The molecule has 0 fully saturated rings. The van der Waals surface area contributed by atoms with Crippen LogP contribution in [-0.2, 0) is 4.79 Å². The molecule has 0 aromatic heterocycles. The maximum Gasteiger partial charge on any atom is 0.303 e. The Balaban J connectivity index is 3.08. The van der Waals surface area contributed by atoms with E-state index in [1.54, 1.807) is 0 Å². The summed E-state index contributed by atoms with van der Waals surface area (Å²) in [5.74, 6) is -0.646. The average molecular weight is 1070 g/mol. The van der Waals surface area contributed by atoms with E-state index in [-0.39, 0.29) is 0 Å². The highest BCUT2D eigenvalue weighted by Gasteiger charge is 2.02. The van der Waals surface area contributed by atoms with E-state index in [1.165, 1.54) is 430 Å². The molecule has 0 aromatic carbocycles. The molecule has 3 nitrogen and oxygen atoms in total. The Morgan fingerprint density at radius 3 is 0.303 bits per heavy atom. The Bertz CT molecular complexity index is 995. The Morgan fingerprint density at radius 2 is 0.224 bits per heavy atom. The number of carboxylic acids is 1. The molecule has 0 saturated carbocycles. The number of aliphatic hydroxyl groups is 1. The van der Waals surface area contributed by atoms with Crippen LogP contribution in [0.3, 0.4) is 0 Å². The monoisotopic (exact) mass is 1070 g/mol. The second-order valence-corrected chi connectivity index (χ2v) is 25.6. The largest absolute Gasteiger partial charge is 0.481 e. The molecule has 0 aliphatic carbocycles. The third-order valence-corrected chi connectivity index (χ3v) is 17.8. The minimum atomic E-state index is -0.646. The van der Waals surface area contributed by atoms with Crippen molar-refractivity contribution in [2.45, 2.75) is 456 Å². The van der Waals surface area contributed by atoms with Crippen LogP contribution in [0.15, 0.2) is 0 Å². The van der Waals surface area contributed by atoms with Crippen molar-refractivity contribution < 1.29 is 15.0 Å². The molecule has 0 aliphatic rings. The lowest BCUT2D eigenvalue weighted by Crippen LogP contribution is -1.93.